The van der Waals surface area contributed by atoms with E-state index in [1.165, 1.54) is 4.90 Å². The summed E-state index contributed by atoms with van der Waals surface area (Å²) in [7, 11) is 3.44. The quantitative estimate of drug-likeness (QED) is 0.841. The van der Waals surface area contributed by atoms with Gasteiger partial charge in [0.15, 0.2) is 0 Å². The van der Waals surface area contributed by atoms with Crippen molar-refractivity contribution in [1.29, 1.82) is 0 Å². The third-order valence-corrected chi connectivity index (χ3v) is 2.74. The van der Waals surface area contributed by atoms with Crippen LogP contribution in [0.25, 0.3) is 0 Å². The van der Waals surface area contributed by atoms with E-state index in [1.807, 2.05) is 31.2 Å². The predicted molar refractivity (Wildman–Crippen MR) is 70.5 cm³/mol. The molecule has 0 radical (unpaired) electrons. The molecule has 18 heavy (non-hydrogen) atoms. The molecular formula is C14H21NO3. The van der Waals surface area contributed by atoms with E-state index in [1.54, 1.807) is 14.1 Å². The summed E-state index contributed by atoms with van der Waals surface area (Å²) < 4.78 is 5.57. The Bertz CT molecular complexity index is 390. The predicted octanol–water partition coefficient (Wildman–Crippen LogP) is 1.99. The van der Waals surface area contributed by atoms with Crippen LogP contribution < -0.4 is 4.74 Å². The zero-order valence-corrected chi connectivity index (χ0v) is 11.2. The Labute approximate surface area is 108 Å². The molecule has 1 atom stereocenters. The van der Waals surface area contributed by atoms with Gasteiger partial charge < -0.3 is 14.7 Å². The van der Waals surface area contributed by atoms with Crippen LogP contribution >= 0.6 is 0 Å². The van der Waals surface area contributed by atoms with Crippen LogP contribution in [0.3, 0.4) is 0 Å². The Kier molecular flexibility index (Phi) is 5.65. The summed E-state index contributed by atoms with van der Waals surface area (Å²) in [6.07, 6.45) is 0.450. The molecule has 0 saturated carbocycles. The van der Waals surface area contributed by atoms with Gasteiger partial charge >= 0.3 is 0 Å². The molecule has 0 aliphatic carbocycles. The Morgan fingerprint density at radius 3 is 2.67 bits per heavy atom. The van der Waals surface area contributed by atoms with E-state index in [0.29, 0.717) is 25.2 Å². The maximum absolute atomic E-state index is 11.4. The van der Waals surface area contributed by atoms with E-state index in [9.17, 15) is 9.90 Å². The number of carbonyl (C=O) groups is 1. The molecule has 0 fully saturated rings. The van der Waals surface area contributed by atoms with Gasteiger partial charge in [-0.1, -0.05) is 25.1 Å². The first-order chi connectivity index (χ1) is 8.56. The van der Waals surface area contributed by atoms with Crippen molar-refractivity contribution in [2.75, 3.05) is 20.7 Å². The molecule has 0 unspecified atom stereocenters. The number of nitrogens with zero attached hydrogens (tertiary/aromatic N) is 1. The van der Waals surface area contributed by atoms with Gasteiger partial charge in [0.1, 0.15) is 5.75 Å². The summed E-state index contributed by atoms with van der Waals surface area (Å²) >= 11 is 0. The topological polar surface area (TPSA) is 49.8 Å². The minimum atomic E-state index is -0.522. The fraction of sp³-hybridized carbons (Fsp3) is 0.500. The average Bonchev–Trinajstić information content (AvgIpc) is 2.38. The molecule has 1 aromatic carbocycles. The van der Waals surface area contributed by atoms with Gasteiger partial charge in [0.05, 0.1) is 19.1 Å². The fourth-order valence-corrected chi connectivity index (χ4v) is 1.58. The molecule has 100 valence electrons. The molecule has 0 saturated heterocycles. The minimum absolute atomic E-state index is 0.0310. The zero-order valence-electron chi connectivity index (χ0n) is 11.2. The van der Waals surface area contributed by atoms with E-state index >= 15 is 0 Å². The molecule has 0 aromatic heterocycles. The number of para-hydroxylation sites is 1. The average molecular weight is 251 g/mol. The van der Waals surface area contributed by atoms with Gasteiger partial charge in [0.25, 0.3) is 0 Å². The highest BCUT2D eigenvalue weighted by Gasteiger charge is 2.11. The number of benzene rings is 1. The molecular weight excluding hydrogens is 230 g/mol. The summed E-state index contributed by atoms with van der Waals surface area (Å²) in [5, 5.41) is 9.85. The van der Waals surface area contributed by atoms with Crippen molar-refractivity contribution >= 4 is 5.91 Å². The summed E-state index contributed by atoms with van der Waals surface area (Å²) in [6.45, 7) is 2.24. The van der Waals surface area contributed by atoms with Crippen LogP contribution in [-0.4, -0.2) is 36.6 Å². The van der Waals surface area contributed by atoms with Gasteiger partial charge in [0.2, 0.25) is 5.91 Å². The minimum Gasteiger partial charge on any atom is -0.493 e. The van der Waals surface area contributed by atoms with Crippen molar-refractivity contribution in [3.8, 4) is 5.75 Å². The Morgan fingerprint density at radius 2 is 2.06 bits per heavy atom. The maximum atomic E-state index is 11.4. The van der Waals surface area contributed by atoms with Gasteiger partial charge in [-0.25, -0.2) is 0 Å². The van der Waals surface area contributed by atoms with Gasteiger partial charge in [-0.05, 0) is 12.5 Å². The van der Waals surface area contributed by atoms with Crippen LogP contribution in [0.1, 0.15) is 31.4 Å². The number of aliphatic hydroxyl groups is 1. The molecule has 0 heterocycles. The number of carbonyl (C=O) groups excluding carboxylic acids is 1. The molecule has 1 rings (SSSR count). The van der Waals surface area contributed by atoms with Crippen molar-refractivity contribution in [3.63, 3.8) is 0 Å². The molecule has 0 bridgehead atoms. The van der Waals surface area contributed by atoms with Crippen LogP contribution in [0.5, 0.6) is 5.75 Å². The van der Waals surface area contributed by atoms with Crippen molar-refractivity contribution in [2.45, 2.75) is 25.9 Å². The van der Waals surface area contributed by atoms with Gasteiger partial charge in [-0.3, -0.25) is 4.79 Å². The third kappa shape index (κ3) is 4.04. The fourth-order valence-electron chi connectivity index (χ4n) is 1.58. The molecule has 4 nitrogen and oxygen atoms in total. The first kappa shape index (κ1) is 14.5. The summed E-state index contributed by atoms with van der Waals surface area (Å²) in [5.41, 5.74) is 0.775. The SMILES string of the molecule is CC[C@@H](O)c1ccccc1OCCC(=O)N(C)C. The summed E-state index contributed by atoms with van der Waals surface area (Å²) in [4.78, 5) is 12.9. The van der Waals surface area contributed by atoms with Crippen LogP contribution in [0.4, 0.5) is 0 Å². The zero-order chi connectivity index (χ0) is 13.5. The van der Waals surface area contributed by atoms with Crippen LogP contribution in [0.15, 0.2) is 24.3 Å². The maximum Gasteiger partial charge on any atom is 0.225 e. The highest BCUT2D eigenvalue weighted by Crippen LogP contribution is 2.26. The van der Waals surface area contributed by atoms with Crippen molar-refractivity contribution in [3.05, 3.63) is 29.8 Å². The smallest absolute Gasteiger partial charge is 0.225 e. The lowest BCUT2D eigenvalue weighted by Crippen LogP contribution is -2.23. The lowest BCUT2D eigenvalue weighted by atomic mass is 10.1. The van der Waals surface area contributed by atoms with Crippen LogP contribution in [-0.2, 0) is 4.79 Å². The number of hydrogen-bond acceptors (Lipinski definition) is 3. The third-order valence-electron chi connectivity index (χ3n) is 2.74. The molecule has 0 aliphatic heterocycles. The van der Waals surface area contributed by atoms with Gasteiger partial charge in [0, 0.05) is 19.7 Å². The van der Waals surface area contributed by atoms with E-state index in [-0.39, 0.29) is 5.91 Å². The van der Waals surface area contributed by atoms with Crippen molar-refractivity contribution in [1.82, 2.24) is 4.90 Å². The lowest BCUT2D eigenvalue weighted by molar-refractivity contribution is -0.129. The summed E-state index contributed by atoms with van der Waals surface area (Å²) in [6, 6.07) is 7.38. The Balaban J connectivity index is 2.59. The first-order valence-corrected chi connectivity index (χ1v) is 6.16. The van der Waals surface area contributed by atoms with Crippen molar-refractivity contribution < 1.29 is 14.6 Å². The molecule has 1 aromatic rings. The highest BCUT2D eigenvalue weighted by atomic mass is 16.5. The second-order valence-corrected chi connectivity index (χ2v) is 4.35. The second-order valence-electron chi connectivity index (χ2n) is 4.35. The van der Waals surface area contributed by atoms with E-state index in [0.717, 1.165) is 5.56 Å². The van der Waals surface area contributed by atoms with Gasteiger partial charge in [-0.2, -0.15) is 0 Å². The monoisotopic (exact) mass is 251 g/mol. The van der Waals surface area contributed by atoms with Crippen LogP contribution in [0.2, 0.25) is 0 Å². The molecule has 1 amide bonds. The van der Waals surface area contributed by atoms with Crippen LogP contribution in [0, 0.1) is 0 Å². The Hall–Kier alpha value is -1.55. The van der Waals surface area contributed by atoms with Crippen molar-refractivity contribution in [2.24, 2.45) is 0 Å². The number of amides is 1. The first-order valence-electron chi connectivity index (χ1n) is 6.16. The van der Waals surface area contributed by atoms with E-state index in [2.05, 4.69) is 0 Å². The largest absolute Gasteiger partial charge is 0.493 e. The second kappa shape index (κ2) is 7.01. The molecule has 0 aliphatic rings. The number of ether oxygens (including phenoxy) is 1. The molecule has 4 heteroatoms. The number of rotatable bonds is 6. The summed E-state index contributed by atoms with van der Waals surface area (Å²) in [5.74, 6) is 0.682. The highest BCUT2D eigenvalue weighted by molar-refractivity contribution is 5.75. The number of aliphatic hydroxyl groups excluding tert-OH is 1. The van der Waals surface area contributed by atoms with E-state index in [4.69, 9.17) is 4.74 Å². The van der Waals surface area contributed by atoms with Gasteiger partial charge in [-0.15, -0.1) is 0 Å². The van der Waals surface area contributed by atoms with E-state index < -0.39 is 6.10 Å². The molecule has 0 spiro atoms. The Morgan fingerprint density at radius 1 is 1.39 bits per heavy atom. The lowest BCUT2D eigenvalue weighted by Gasteiger charge is -2.15. The normalized spacial score (nSPS) is 12.0. The molecule has 1 N–H and O–H groups in total. The number of hydrogen-bond donors (Lipinski definition) is 1. The standard InChI is InChI=1S/C14H21NO3/c1-4-12(16)11-7-5-6-8-13(11)18-10-9-14(17)15(2)3/h5-8,12,16H,4,9-10H2,1-3H3/t12-/m1/s1.